The molecule has 2 atom stereocenters. The molecule has 0 radical (unpaired) electrons. The molecular formula is C28H32N2O3. The van der Waals surface area contributed by atoms with Crippen molar-refractivity contribution in [3.8, 4) is 5.75 Å². The van der Waals surface area contributed by atoms with Gasteiger partial charge in [0.05, 0.1) is 0 Å². The van der Waals surface area contributed by atoms with E-state index in [9.17, 15) is 9.59 Å². The number of hydrogen-bond donors (Lipinski definition) is 2. The quantitative estimate of drug-likeness (QED) is 0.392. The summed E-state index contributed by atoms with van der Waals surface area (Å²) in [5.74, 6) is 0.759. The van der Waals surface area contributed by atoms with Gasteiger partial charge in [-0.25, -0.2) is 0 Å². The van der Waals surface area contributed by atoms with Crippen molar-refractivity contribution in [3.63, 3.8) is 0 Å². The minimum Gasteiger partial charge on any atom is -0.481 e. The second kappa shape index (κ2) is 11.9. The maximum atomic E-state index is 12.7. The molecule has 0 aromatic heterocycles. The van der Waals surface area contributed by atoms with Gasteiger partial charge in [0.2, 0.25) is 5.91 Å². The van der Waals surface area contributed by atoms with Gasteiger partial charge in [0.25, 0.3) is 5.91 Å². The van der Waals surface area contributed by atoms with E-state index >= 15 is 0 Å². The van der Waals surface area contributed by atoms with Crippen LogP contribution in [0.4, 0.5) is 11.4 Å². The number of aryl methyl sites for hydroxylation is 1. The Morgan fingerprint density at radius 1 is 0.848 bits per heavy atom. The molecule has 5 heteroatoms. The lowest BCUT2D eigenvalue weighted by atomic mass is 9.98. The van der Waals surface area contributed by atoms with Crippen LogP contribution in [0.1, 0.15) is 50.7 Å². The van der Waals surface area contributed by atoms with E-state index in [0.717, 1.165) is 23.3 Å². The van der Waals surface area contributed by atoms with Gasteiger partial charge in [0, 0.05) is 17.8 Å². The lowest BCUT2D eigenvalue weighted by Gasteiger charge is -2.19. The smallest absolute Gasteiger partial charge is 0.265 e. The first kappa shape index (κ1) is 24.1. The van der Waals surface area contributed by atoms with Crippen molar-refractivity contribution in [1.29, 1.82) is 0 Å². The SMILES string of the molecule is CCC(C)c1ccccc1OC(C)C(=O)Nc1cccc(NC(=O)CCc2ccccc2)c1. The molecular weight excluding hydrogens is 412 g/mol. The van der Waals surface area contributed by atoms with Crippen LogP contribution in [0.15, 0.2) is 78.9 Å². The summed E-state index contributed by atoms with van der Waals surface area (Å²) in [4.78, 5) is 25.1. The van der Waals surface area contributed by atoms with Gasteiger partial charge in [-0.1, -0.05) is 68.4 Å². The molecule has 0 aliphatic rings. The highest BCUT2D eigenvalue weighted by molar-refractivity contribution is 5.96. The number of rotatable bonds is 10. The molecule has 172 valence electrons. The fraction of sp³-hybridized carbons (Fsp3) is 0.286. The zero-order valence-corrected chi connectivity index (χ0v) is 19.5. The third-order valence-electron chi connectivity index (χ3n) is 5.63. The van der Waals surface area contributed by atoms with Crippen LogP contribution in [-0.4, -0.2) is 17.9 Å². The largest absolute Gasteiger partial charge is 0.481 e. The number of benzene rings is 3. The van der Waals surface area contributed by atoms with Gasteiger partial charge in [-0.3, -0.25) is 9.59 Å². The highest BCUT2D eigenvalue weighted by atomic mass is 16.5. The van der Waals surface area contributed by atoms with Crippen LogP contribution in [0, 0.1) is 0 Å². The van der Waals surface area contributed by atoms with Gasteiger partial charge >= 0.3 is 0 Å². The van der Waals surface area contributed by atoms with Crippen molar-refractivity contribution in [1.82, 2.24) is 0 Å². The molecule has 3 aromatic rings. The molecule has 2 unspecified atom stereocenters. The topological polar surface area (TPSA) is 67.4 Å². The van der Waals surface area contributed by atoms with Gasteiger partial charge in [-0.2, -0.15) is 0 Å². The van der Waals surface area contributed by atoms with Crippen LogP contribution < -0.4 is 15.4 Å². The molecule has 33 heavy (non-hydrogen) atoms. The standard InChI is InChI=1S/C28H32N2O3/c1-4-20(2)25-15-8-9-16-26(25)33-21(3)28(32)30-24-14-10-13-23(19-24)29-27(31)18-17-22-11-6-5-7-12-22/h5-16,19-21H,4,17-18H2,1-3H3,(H,29,31)(H,30,32). The Labute approximate surface area is 196 Å². The molecule has 5 nitrogen and oxygen atoms in total. The number of nitrogens with one attached hydrogen (secondary N) is 2. The number of ether oxygens (including phenoxy) is 1. The molecule has 0 spiro atoms. The van der Waals surface area contributed by atoms with Crippen LogP contribution in [-0.2, 0) is 16.0 Å². The summed E-state index contributed by atoms with van der Waals surface area (Å²) in [7, 11) is 0. The lowest BCUT2D eigenvalue weighted by molar-refractivity contribution is -0.122. The maximum absolute atomic E-state index is 12.7. The predicted molar refractivity (Wildman–Crippen MR) is 134 cm³/mol. The Balaban J connectivity index is 1.56. The van der Waals surface area contributed by atoms with Gasteiger partial charge in [-0.15, -0.1) is 0 Å². The van der Waals surface area contributed by atoms with Gasteiger partial charge in [0.15, 0.2) is 6.10 Å². The minimum absolute atomic E-state index is 0.0688. The third-order valence-corrected chi connectivity index (χ3v) is 5.63. The fourth-order valence-corrected chi connectivity index (χ4v) is 3.50. The summed E-state index contributed by atoms with van der Waals surface area (Å²) in [5.41, 5.74) is 3.46. The number of carbonyl (C=O) groups excluding carboxylic acids is 2. The Kier molecular flexibility index (Phi) is 8.64. The van der Waals surface area contributed by atoms with Crippen LogP contribution in [0.25, 0.3) is 0 Å². The van der Waals surface area contributed by atoms with Crippen molar-refractivity contribution in [2.24, 2.45) is 0 Å². The zero-order chi connectivity index (χ0) is 23.6. The summed E-state index contributed by atoms with van der Waals surface area (Å²) in [6.45, 7) is 6.01. The summed E-state index contributed by atoms with van der Waals surface area (Å²) < 4.78 is 5.99. The normalized spacial score (nSPS) is 12.5. The molecule has 0 aliphatic carbocycles. The van der Waals surface area contributed by atoms with Crippen molar-refractivity contribution >= 4 is 23.2 Å². The highest BCUT2D eigenvalue weighted by Gasteiger charge is 2.18. The molecule has 0 saturated heterocycles. The molecule has 0 bridgehead atoms. The van der Waals surface area contributed by atoms with E-state index in [1.165, 1.54) is 0 Å². The van der Waals surface area contributed by atoms with E-state index < -0.39 is 6.10 Å². The number of para-hydroxylation sites is 1. The summed E-state index contributed by atoms with van der Waals surface area (Å²) in [6, 6.07) is 24.9. The van der Waals surface area contributed by atoms with E-state index in [2.05, 4.69) is 24.5 Å². The van der Waals surface area contributed by atoms with Crippen LogP contribution >= 0.6 is 0 Å². The van der Waals surface area contributed by atoms with Crippen molar-refractivity contribution < 1.29 is 14.3 Å². The maximum Gasteiger partial charge on any atom is 0.265 e. The first-order valence-corrected chi connectivity index (χ1v) is 11.5. The molecule has 0 aliphatic heterocycles. The van der Waals surface area contributed by atoms with Gasteiger partial charge in [-0.05, 0) is 61.1 Å². The highest BCUT2D eigenvalue weighted by Crippen LogP contribution is 2.29. The molecule has 0 fully saturated rings. The van der Waals surface area contributed by atoms with E-state index in [1.54, 1.807) is 31.2 Å². The minimum atomic E-state index is -0.667. The second-order valence-electron chi connectivity index (χ2n) is 8.21. The molecule has 3 aromatic carbocycles. The average Bonchev–Trinajstić information content (AvgIpc) is 2.83. The first-order chi connectivity index (χ1) is 16.0. The van der Waals surface area contributed by atoms with E-state index in [0.29, 0.717) is 30.1 Å². The molecule has 2 N–H and O–H groups in total. The van der Waals surface area contributed by atoms with Crippen LogP contribution in [0.3, 0.4) is 0 Å². The fourth-order valence-electron chi connectivity index (χ4n) is 3.50. The second-order valence-corrected chi connectivity index (χ2v) is 8.21. The Morgan fingerprint density at radius 2 is 1.52 bits per heavy atom. The zero-order valence-electron chi connectivity index (χ0n) is 19.5. The molecule has 2 amide bonds. The Morgan fingerprint density at radius 3 is 2.24 bits per heavy atom. The number of amides is 2. The number of anilines is 2. The Hall–Kier alpha value is -3.60. The first-order valence-electron chi connectivity index (χ1n) is 11.5. The lowest BCUT2D eigenvalue weighted by Crippen LogP contribution is -2.30. The van der Waals surface area contributed by atoms with Crippen LogP contribution in [0.5, 0.6) is 5.75 Å². The van der Waals surface area contributed by atoms with Crippen molar-refractivity contribution in [2.75, 3.05) is 10.6 Å². The summed E-state index contributed by atoms with van der Waals surface area (Å²) >= 11 is 0. The molecule has 0 heterocycles. The summed E-state index contributed by atoms with van der Waals surface area (Å²) in [6.07, 6.45) is 1.39. The van der Waals surface area contributed by atoms with Crippen molar-refractivity contribution in [3.05, 3.63) is 90.0 Å². The molecule has 3 rings (SSSR count). The monoisotopic (exact) mass is 444 g/mol. The van der Waals surface area contributed by atoms with Gasteiger partial charge in [0.1, 0.15) is 5.75 Å². The van der Waals surface area contributed by atoms with E-state index in [-0.39, 0.29) is 11.8 Å². The van der Waals surface area contributed by atoms with Gasteiger partial charge < -0.3 is 15.4 Å². The number of hydrogen-bond acceptors (Lipinski definition) is 3. The van der Waals surface area contributed by atoms with E-state index in [4.69, 9.17) is 4.74 Å². The number of carbonyl (C=O) groups is 2. The van der Waals surface area contributed by atoms with Crippen LogP contribution in [0.2, 0.25) is 0 Å². The van der Waals surface area contributed by atoms with Crippen molar-refractivity contribution in [2.45, 2.75) is 52.1 Å². The third kappa shape index (κ3) is 7.21. The Bertz CT molecular complexity index is 1070. The summed E-state index contributed by atoms with van der Waals surface area (Å²) in [5, 5.41) is 5.78. The molecule has 0 saturated carbocycles. The predicted octanol–water partition coefficient (Wildman–Crippen LogP) is 6.18. The van der Waals surface area contributed by atoms with E-state index in [1.807, 2.05) is 54.6 Å². The average molecular weight is 445 g/mol.